The first-order valence-corrected chi connectivity index (χ1v) is 5.89. The Morgan fingerprint density at radius 1 is 1.60 bits per heavy atom. The van der Waals surface area contributed by atoms with Gasteiger partial charge in [-0.25, -0.2) is 4.98 Å². The summed E-state index contributed by atoms with van der Waals surface area (Å²) < 4.78 is 1.98. The van der Waals surface area contributed by atoms with Gasteiger partial charge < -0.3 is 5.32 Å². The number of nitrogens with one attached hydrogen (secondary N) is 1. The summed E-state index contributed by atoms with van der Waals surface area (Å²) in [6, 6.07) is 0.802. The van der Waals surface area contributed by atoms with Crippen molar-refractivity contribution in [2.75, 3.05) is 6.54 Å². The maximum atomic E-state index is 4.29. The Hall–Kier alpha value is -0.900. The first-order chi connectivity index (χ1) is 7.29. The Balaban J connectivity index is 1.78. The molecule has 0 bridgehead atoms. The zero-order valence-corrected chi connectivity index (χ0v) is 9.61. The van der Waals surface area contributed by atoms with E-state index in [9.17, 15) is 0 Å². The minimum Gasteiger partial charge on any atom is -0.314 e. The van der Waals surface area contributed by atoms with E-state index in [1.54, 1.807) is 6.33 Å². The van der Waals surface area contributed by atoms with E-state index in [1.165, 1.54) is 12.8 Å². The van der Waals surface area contributed by atoms with E-state index >= 15 is 0 Å². The van der Waals surface area contributed by atoms with Crippen molar-refractivity contribution in [3.05, 3.63) is 12.2 Å². The predicted octanol–water partition coefficient (Wildman–Crippen LogP) is 1.23. The van der Waals surface area contributed by atoms with Crippen molar-refractivity contribution in [3.63, 3.8) is 0 Å². The highest BCUT2D eigenvalue weighted by molar-refractivity contribution is 4.88. The Morgan fingerprint density at radius 3 is 3.07 bits per heavy atom. The minimum absolute atomic E-state index is 0.639. The maximum absolute atomic E-state index is 4.29. The summed E-state index contributed by atoms with van der Waals surface area (Å²) in [6.07, 6.45) is 5.39. The topological polar surface area (TPSA) is 42.7 Å². The fourth-order valence-corrected chi connectivity index (χ4v) is 1.75. The quantitative estimate of drug-likeness (QED) is 0.764. The van der Waals surface area contributed by atoms with Crippen LogP contribution >= 0.6 is 0 Å². The number of rotatable bonds is 6. The van der Waals surface area contributed by atoms with Crippen LogP contribution in [0.1, 0.15) is 32.5 Å². The van der Waals surface area contributed by atoms with Gasteiger partial charge in [-0.15, -0.1) is 0 Å². The monoisotopic (exact) mass is 208 g/mol. The largest absolute Gasteiger partial charge is 0.314 e. The lowest BCUT2D eigenvalue weighted by Gasteiger charge is -2.11. The van der Waals surface area contributed by atoms with Crippen LogP contribution in [0.2, 0.25) is 0 Å². The van der Waals surface area contributed by atoms with E-state index in [-0.39, 0.29) is 0 Å². The molecule has 1 aliphatic rings. The third-order valence-corrected chi connectivity index (χ3v) is 2.86. The summed E-state index contributed by atoms with van der Waals surface area (Å²) >= 11 is 0. The van der Waals surface area contributed by atoms with E-state index in [0.717, 1.165) is 31.4 Å². The van der Waals surface area contributed by atoms with E-state index in [2.05, 4.69) is 29.2 Å². The Labute approximate surface area is 91.1 Å². The summed E-state index contributed by atoms with van der Waals surface area (Å²) in [4.78, 5) is 4.29. The van der Waals surface area contributed by atoms with Crippen molar-refractivity contribution in [1.29, 1.82) is 0 Å². The second-order valence-electron chi connectivity index (χ2n) is 4.48. The van der Waals surface area contributed by atoms with Gasteiger partial charge in [0.05, 0.1) is 0 Å². The van der Waals surface area contributed by atoms with Gasteiger partial charge in [0.25, 0.3) is 0 Å². The molecular formula is C11H20N4. The van der Waals surface area contributed by atoms with Crippen LogP contribution in [0, 0.1) is 5.92 Å². The van der Waals surface area contributed by atoms with Gasteiger partial charge >= 0.3 is 0 Å². The van der Waals surface area contributed by atoms with Gasteiger partial charge in [-0.3, -0.25) is 4.68 Å². The van der Waals surface area contributed by atoms with Crippen LogP contribution in [0.15, 0.2) is 6.33 Å². The number of aryl methyl sites for hydroxylation is 1. The van der Waals surface area contributed by atoms with Crippen molar-refractivity contribution in [2.24, 2.45) is 5.92 Å². The minimum atomic E-state index is 0.639. The predicted molar refractivity (Wildman–Crippen MR) is 59.6 cm³/mol. The smallest absolute Gasteiger partial charge is 0.138 e. The molecule has 1 N–H and O–H groups in total. The van der Waals surface area contributed by atoms with Crippen LogP contribution in [0.3, 0.4) is 0 Å². The van der Waals surface area contributed by atoms with Crippen LogP contribution in [-0.2, 0) is 13.0 Å². The molecule has 1 aromatic rings. The number of hydrogen-bond acceptors (Lipinski definition) is 3. The molecule has 0 amide bonds. The van der Waals surface area contributed by atoms with Crippen LogP contribution in [-0.4, -0.2) is 27.4 Å². The van der Waals surface area contributed by atoms with Crippen molar-refractivity contribution in [3.8, 4) is 0 Å². The fourth-order valence-electron chi connectivity index (χ4n) is 1.75. The van der Waals surface area contributed by atoms with E-state index in [0.29, 0.717) is 5.92 Å². The second kappa shape index (κ2) is 4.75. The molecule has 84 valence electrons. The summed E-state index contributed by atoms with van der Waals surface area (Å²) in [5.41, 5.74) is 0. The standard InChI is InChI=1S/C11H20N4/c1-3-15-11(13-8-14-15)6-9(2)7-12-10-4-5-10/h8-10,12H,3-7H2,1-2H3. The van der Waals surface area contributed by atoms with Crippen LogP contribution in [0.25, 0.3) is 0 Å². The Kier molecular flexibility index (Phi) is 3.36. The number of hydrogen-bond donors (Lipinski definition) is 1. The average molecular weight is 208 g/mol. The van der Waals surface area contributed by atoms with E-state index in [1.807, 2.05) is 4.68 Å². The summed E-state index contributed by atoms with van der Waals surface area (Å²) in [6.45, 7) is 6.38. The third kappa shape index (κ3) is 3.02. The SMILES string of the molecule is CCn1ncnc1CC(C)CNC1CC1. The molecule has 1 saturated carbocycles. The Bertz CT molecular complexity index is 303. The molecule has 15 heavy (non-hydrogen) atoms. The molecule has 0 aromatic carbocycles. The molecule has 0 saturated heterocycles. The van der Waals surface area contributed by atoms with Crippen molar-refractivity contribution < 1.29 is 0 Å². The van der Waals surface area contributed by atoms with Gasteiger partial charge in [0, 0.05) is 19.0 Å². The molecule has 1 unspecified atom stereocenters. The average Bonchev–Trinajstić information content (AvgIpc) is 2.96. The molecule has 1 atom stereocenters. The normalized spacial score (nSPS) is 18.0. The van der Waals surface area contributed by atoms with Crippen molar-refractivity contribution in [2.45, 2.75) is 45.7 Å². The van der Waals surface area contributed by atoms with Gasteiger partial charge in [-0.05, 0) is 32.2 Å². The van der Waals surface area contributed by atoms with Crippen LogP contribution < -0.4 is 5.32 Å². The summed E-state index contributed by atoms with van der Waals surface area (Å²) in [7, 11) is 0. The first-order valence-electron chi connectivity index (χ1n) is 5.89. The van der Waals surface area contributed by atoms with Gasteiger partial charge in [0.1, 0.15) is 12.2 Å². The van der Waals surface area contributed by atoms with Crippen molar-refractivity contribution in [1.82, 2.24) is 20.1 Å². The molecule has 4 heteroatoms. The lowest BCUT2D eigenvalue weighted by Crippen LogP contribution is -2.25. The lowest BCUT2D eigenvalue weighted by molar-refractivity contribution is 0.480. The molecule has 1 aliphatic carbocycles. The van der Waals surface area contributed by atoms with Crippen molar-refractivity contribution >= 4 is 0 Å². The van der Waals surface area contributed by atoms with Gasteiger partial charge in [0.2, 0.25) is 0 Å². The van der Waals surface area contributed by atoms with E-state index < -0.39 is 0 Å². The van der Waals surface area contributed by atoms with Gasteiger partial charge in [0.15, 0.2) is 0 Å². The van der Waals surface area contributed by atoms with E-state index in [4.69, 9.17) is 0 Å². The molecule has 4 nitrogen and oxygen atoms in total. The molecule has 1 heterocycles. The molecular weight excluding hydrogens is 188 g/mol. The molecule has 1 aromatic heterocycles. The fraction of sp³-hybridized carbons (Fsp3) is 0.818. The zero-order valence-electron chi connectivity index (χ0n) is 9.61. The number of nitrogens with zero attached hydrogens (tertiary/aromatic N) is 3. The number of aromatic nitrogens is 3. The molecule has 0 radical (unpaired) electrons. The second-order valence-corrected chi connectivity index (χ2v) is 4.48. The molecule has 0 spiro atoms. The van der Waals surface area contributed by atoms with Crippen LogP contribution in [0.4, 0.5) is 0 Å². The first kappa shape index (κ1) is 10.6. The third-order valence-electron chi connectivity index (χ3n) is 2.86. The van der Waals surface area contributed by atoms with Crippen LogP contribution in [0.5, 0.6) is 0 Å². The molecule has 1 fully saturated rings. The lowest BCUT2D eigenvalue weighted by atomic mass is 10.1. The molecule has 2 rings (SSSR count). The highest BCUT2D eigenvalue weighted by Gasteiger charge is 2.21. The van der Waals surface area contributed by atoms with Gasteiger partial charge in [-0.2, -0.15) is 5.10 Å². The van der Waals surface area contributed by atoms with Gasteiger partial charge in [-0.1, -0.05) is 6.92 Å². The highest BCUT2D eigenvalue weighted by Crippen LogP contribution is 2.19. The summed E-state index contributed by atoms with van der Waals surface area (Å²) in [5.74, 6) is 1.75. The zero-order chi connectivity index (χ0) is 10.7. The Morgan fingerprint density at radius 2 is 2.40 bits per heavy atom. The maximum Gasteiger partial charge on any atom is 0.138 e. The molecule has 0 aliphatic heterocycles. The highest BCUT2D eigenvalue weighted by atomic mass is 15.3. The summed E-state index contributed by atoms with van der Waals surface area (Å²) in [5, 5.41) is 7.73.